The largest absolute Gasteiger partial charge is 0.497 e. The van der Waals surface area contributed by atoms with Gasteiger partial charge in [-0.15, -0.1) is 0 Å². The maximum atomic E-state index is 12.2. The van der Waals surface area contributed by atoms with Crippen molar-refractivity contribution in [2.75, 3.05) is 25.1 Å². The molecule has 1 aliphatic heterocycles. The van der Waals surface area contributed by atoms with Gasteiger partial charge in [-0.1, -0.05) is 23.7 Å². The van der Waals surface area contributed by atoms with Crippen molar-refractivity contribution in [2.45, 2.75) is 13.0 Å². The number of urea groups is 1. The third kappa shape index (κ3) is 5.14. The molecule has 0 spiro atoms. The van der Waals surface area contributed by atoms with Gasteiger partial charge in [-0.3, -0.25) is 4.79 Å². The van der Waals surface area contributed by atoms with Crippen LogP contribution in [0.15, 0.2) is 48.5 Å². The monoisotopic (exact) mass is 387 g/mol. The molecule has 3 amide bonds. The Morgan fingerprint density at radius 2 is 1.85 bits per heavy atom. The molecule has 0 bridgehead atoms. The molecule has 1 aliphatic rings. The fourth-order valence-electron chi connectivity index (χ4n) is 3.01. The highest BCUT2D eigenvalue weighted by Gasteiger charge is 2.30. The van der Waals surface area contributed by atoms with E-state index < -0.39 is 0 Å². The number of hydrogen-bond donors (Lipinski definition) is 2. The molecule has 7 heteroatoms. The predicted octanol–water partition coefficient (Wildman–Crippen LogP) is 3.20. The molecule has 2 N–H and O–H groups in total. The van der Waals surface area contributed by atoms with E-state index in [0.717, 1.165) is 17.0 Å². The molecule has 1 unspecified atom stereocenters. The van der Waals surface area contributed by atoms with Crippen molar-refractivity contribution in [1.29, 1.82) is 0 Å². The zero-order valence-corrected chi connectivity index (χ0v) is 15.8. The molecule has 1 saturated heterocycles. The fraction of sp³-hybridized carbons (Fsp3) is 0.300. The fourth-order valence-corrected chi connectivity index (χ4v) is 3.14. The summed E-state index contributed by atoms with van der Waals surface area (Å²) in [6, 6.07) is 14.5. The van der Waals surface area contributed by atoms with Crippen molar-refractivity contribution in [3.63, 3.8) is 0 Å². The van der Waals surface area contributed by atoms with E-state index in [-0.39, 0.29) is 17.9 Å². The highest BCUT2D eigenvalue weighted by molar-refractivity contribution is 6.30. The Labute approximate surface area is 163 Å². The van der Waals surface area contributed by atoms with Gasteiger partial charge < -0.3 is 20.3 Å². The van der Waals surface area contributed by atoms with E-state index >= 15 is 0 Å². The smallest absolute Gasteiger partial charge is 0.315 e. The summed E-state index contributed by atoms with van der Waals surface area (Å²) in [4.78, 5) is 26.0. The van der Waals surface area contributed by atoms with Gasteiger partial charge in [-0.25, -0.2) is 4.79 Å². The number of carbonyl (C=O) groups is 2. The predicted molar refractivity (Wildman–Crippen MR) is 105 cm³/mol. The number of ether oxygens (including phenoxy) is 1. The Morgan fingerprint density at radius 1 is 1.15 bits per heavy atom. The zero-order valence-electron chi connectivity index (χ0n) is 15.1. The standard InChI is InChI=1S/C20H22ClN3O3/c1-27-18-8-2-14(3-9-18)11-22-20(26)23-12-15-10-19(25)24(13-15)17-6-4-16(21)5-7-17/h2-9,15H,10-13H2,1H3,(H2,22,23,26). The van der Waals surface area contributed by atoms with Gasteiger partial charge in [0.15, 0.2) is 0 Å². The molecule has 0 aromatic heterocycles. The maximum Gasteiger partial charge on any atom is 0.315 e. The lowest BCUT2D eigenvalue weighted by molar-refractivity contribution is -0.117. The Bertz CT molecular complexity index is 793. The van der Waals surface area contributed by atoms with E-state index in [1.54, 1.807) is 24.1 Å². The van der Waals surface area contributed by atoms with Gasteiger partial charge in [0.1, 0.15) is 5.75 Å². The van der Waals surface area contributed by atoms with Crippen LogP contribution in [0.1, 0.15) is 12.0 Å². The van der Waals surface area contributed by atoms with Crippen LogP contribution in [0.5, 0.6) is 5.75 Å². The summed E-state index contributed by atoms with van der Waals surface area (Å²) in [5, 5.41) is 6.30. The molecule has 1 fully saturated rings. The molecule has 1 atom stereocenters. The van der Waals surface area contributed by atoms with Gasteiger partial charge in [-0.05, 0) is 42.0 Å². The molecule has 0 saturated carbocycles. The van der Waals surface area contributed by atoms with Gasteiger partial charge >= 0.3 is 6.03 Å². The lowest BCUT2D eigenvalue weighted by Gasteiger charge is -2.17. The number of nitrogens with zero attached hydrogens (tertiary/aromatic N) is 1. The van der Waals surface area contributed by atoms with Gasteiger partial charge in [0, 0.05) is 42.7 Å². The number of anilines is 1. The van der Waals surface area contributed by atoms with Crippen LogP contribution in [-0.2, 0) is 11.3 Å². The number of rotatable bonds is 6. The number of halogens is 1. The summed E-state index contributed by atoms with van der Waals surface area (Å²) in [5.74, 6) is 0.919. The first kappa shape index (κ1) is 19.0. The summed E-state index contributed by atoms with van der Waals surface area (Å²) < 4.78 is 5.11. The third-order valence-electron chi connectivity index (χ3n) is 4.51. The quantitative estimate of drug-likeness (QED) is 0.799. The highest BCUT2D eigenvalue weighted by atomic mass is 35.5. The molecular formula is C20H22ClN3O3. The van der Waals surface area contributed by atoms with Crippen LogP contribution < -0.4 is 20.3 Å². The third-order valence-corrected chi connectivity index (χ3v) is 4.76. The molecule has 2 aromatic carbocycles. The van der Waals surface area contributed by atoms with Crippen LogP contribution in [0, 0.1) is 5.92 Å². The van der Waals surface area contributed by atoms with E-state index in [1.807, 2.05) is 36.4 Å². The number of hydrogen-bond acceptors (Lipinski definition) is 3. The minimum atomic E-state index is -0.247. The molecular weight excluding hydrogens is 366 g/mol. The molecule has 2 aromatic rings. The minimum absolute atomic E-state index is 0.0581. The van der Waals surface area contributed by atoms with Gasteiger partial charge in [-0.2, -0.15) is 0 Å². The average molecular weight is 388 g/mol. The molecule has 0 radical (unpaired) electrons. The lowest BCUT2D eigenvalue weighted by atomic mass is 10.1. The Kier molecular flexibility index (Phi) is 6.19. The molecule has 27 heavy (non-hydrogen) atoms. The van der Waals surface area contributed by atoms with Crippen molar-refractivity contribution >= 4 is 29.2 Å². The number of carbonyl (C=O) groups excluding carboxylic acids is 2. The SMILES string of the molecule is COc1ccc(CNC(=O)NCC2CC(=O)N(c3ccc(Cl)cc3)C2)cc1. The first-order valence-electron chi connectivity index (χ1n) is 8.75. The van der Waals surface area contributed by atoms with Gasteiger partial charge in [0.05, 0.1) is 7.11 Å². The zero-order chi connectivity index (χ0) is 19.2. The topological polar surface area (TPSA) is 70.7 Å². The van der Waals surface area contributed by atoms with E-state index in [1.165, 1.54) is 0 Å². The van der Waals surface area contributed by atoms with E-state index in [9.17, 15) is 9.59 Å². The summed E-state index contributed by atoms with van der Waals surface area (Å²) in [6.07, 6.45) is 0.418. The minimum Gasteiger partial charge on any atom is -0.497 e. The second-order valence-corrected chi connectivity index (χ2v) is 6.90. The van der Waals surface area contributed by atoms with Crippen LogP contribution in [0.3, 0.4) is 0 Å². The Hall–Kier alpha value is -2.73. The first-order valence-corrected chi connectivity index (χ1v) is 9.13. The Balaban J connectivity index is 1.43. The number of benzene rings is 2. The van der Waals surface area contributed by atoms with Crippen LogP contribution >= 0.6 is 11.6 Å². The van der Waals surface area contributed by atoms with Crippen LogP contribution in [0.2, 0.25) is 5.02 Å². The summed E-state index contributed by atoms with van der Waals surface area (Å²) in [6.45, 7) is 1.46. The van der Waals surface area contributed by atoms with E-state index in [4.69, 9.17) is 16.3 Å². The maximum absolute atomic E-state index is 12.2. The van der Waals surface area contributed by atoms with Gasteiger partial charge in [0.25, 0.3) is 0 Å². The number of nitrogens with one attached hydrogen (secondary N) is 2. The van der Waals surface area contributed by atoms with Crippen LogP contribution in [0.4, 0.5) is 10.5 Å². The van der Waals surface area contributed by atoms with E-state index in [2.05, 4.69) is 10.6 Å². The highest BCUT2D eigenvalue weighted by Crippen LogP contribution is 2.25. The number of methoxy groups -OCH3 is 1. The lowest BCUT2D eigenvalue weighted by Crippen LogP contribution is -2.38. The normalized spacial score (nSPS) is 16.3. The Morgan fingerprint density at radius 3 is 2.52 bits per heavy atom. The summed E-state index contributed by atoms with van der Waals surface area (Å²) in [5.41, 5.74) is 1.81. The van der Waals surface area contributed by atoms with Crippen LogP contribution in [-0.4, -0.2) is 32.1 Å². The van der Waals surface area contributed by atoms with Crippen molar-refractivity contribution in [2.24, 2.45) is 5.92 Å². The second-order valence-electron chi connectivity index (χ2n) is 6.46. The van der Waals surface area contributed by atoms with Crippen molar-refractivity contribution in [1.82, 2.24) is 10.6 Å². The summed E-state index contributed by atoms with van der Waals surface area (Å²) in [7, 11) is 1.61. The van der Waals surface area contributed by atoms with Gasteiger partial charge in [0.2, 0.25) is 5.91 Å². The first-order chi connectivity index (χ1) is 13.0. The van der Waals surface area contributed by atoms with Crippen molar-refractivity contribution < 1.29 is 14.3 Å². The van der Waals surface area contributed by atoms with Crippen molar-refractivity contribution in [3.05, 3.63) is 59.1 Å². The molecule has 3 rings (SSSR count). The molecule has 0 aliphatic carbocycles. The van der Waals surface area contributed by atoms with E-state index in [0.29, 0.717) is 31.1 Å². The number of amides is 3. The van der Waals surface area contributed by atoms with Crippen molar-refractivity contribution in [3.8, 4) is 5.75 Å². The molecule has 142 valence electrons. The average Bonchev–Trinajstić information content (AvgIpc) is 3.06. The molecule has 1 heterocycles. The van der Waals surface area contributed by atoms with Crippen LogP contribution in [0.25, 0.3) is 0 Å². The summed E-state index contributed by atoms with van der Waals surface area (Å²) >= 11 is 5.89. The molecule has 6 nitrogen and oxygen atoms in total. The second kappa shape index (κ2) is 8.77.